The minimum Gasteiger partial charge on any atom is -0.460 e. The normalized spacial score (nSPS) is 13.0. The van der Waals surface area contributed by atoms with Crippen LogP contribution in [-0.4, -0.2) is 42.1 Å². The van der Waals surface area contributed by atoms with Gasteiger partial charge in [0.25, 0.3) is 0 Å². The number of hydrogen-bond donors (Lipinski definition) is 0. The van der Waals surface area contributed by atoms with Crippen LogP contribution in [0.3, 0.4) is 0 Å². The Kier molecular flexibility index (Phi) is 41.3. The van der Waals surface area contributed by atoms with E-state index >= 15 is 0 Å². The van der Waals surface area contributed by atoms with Crippen molar-refractivity contribution in [1.29, 1.82) is 0 Å². The molecule has 0 atom stereocenters. The Morgan fingerprint density at radius 3 is 1.16 bits per heavy atom. The summed E-state index contributed by atoms with van der Waals surface area (Å²) in [5.74, 6) is 0.924. The smallest absolute Gasteiger partial charge is 0.312 e. The Balaban J connectivity index is -0.0000000610. The standard InChI is InChI=1S/C12H24O2.C10H20O2.C9H18O.C6H12O.6CH4/c1-8-11(4,5)10(13)14-12(6,7)9(2)3;1-7-10(5,6)8(11)12-9(2,3)4;1-9(2,10-3)8-6-4-5-7-8;1-4-6(2,3)5-7;;;;;;/h9H,8H2,1-7H3;7H2,1-6H3;8H,4-7H2,1-3H3;5H,4H2,1-3H3;6*1H4. The highest BCUT2D eigenvalue weighted by Crippen LogP contribution is 2.35. The van der Waals surface area contributed by atoms with Gasteiger partial charge in [-0.1, -0.05) is 106 Å². The molecule has 0 bridgehead atoms. The van der Waals surface area contributed by atoms with Crippen LogP contribution in [0.5, 0.6) is 0 Å². The van der Waals surface area contributed by atoms with E-state index in [0.29, 0.717) is 5.92 Å². The Morgan fingerprint density at radius 2 is 0.959 bits per heavy atom. The van der Waals surface area contributed by atoms with Gasteiger partial charge in [-0.15, -0.1) is 0 Å². The molecule has 0 aromatic rings. The predicted octanol–water partition coefficient (Wildman–Crippen LogP) is 14.2. The molecule has 49 heavy (non-hydrogen) atoms. The van der Waals surface area contributed by atoms with E-state index in [1.54, 1.807) is 0 Å². The molecule has 0 unspecified atom stereocenters. The van der Waals surface area contributed by atoms with Crippen LogP contribution in [0, 0.1) is 28.1 Å². The van der Waals surface area contributed by atoms with Gasteiger partial charge in [-0.2, -0.15) is 0 Å². The lowest BCUT2D eigenvalue weighted by Gasteiger charge is -2.33. The van der Waals surface area contributed by atoms with Gasteiger partial charge in [0.15, 0.2) is 0 Å². The molecule has 6 nitrogen and oxygen atoms in total. The molecular weight excluding hydrogens is 612 g/mol. The second-order valence-electron chi connectivity index (χ2n) is 16.4. The molecule has 6 heteroatoms. The third-order valence-electron chi connectivity index (χ3n) is 9.11. The molecule has 0 aliphatic heterocycles. The van der Waals surface area contributed by atoms with Crippen molar-refractivity contribution in [1.82, 2.24) is 0 Å². The first-order valence-corrected chi connectivity index (χ1v) is 16.6. The third kappa shape index (κ3) is 31.1. The molecule has 0 radical (unpaired) electrons. The Morgan fingerprint density at radius 1 is 0.633 bits per heavy atom. The van der Waals surface area contributed by atoms with E-state index < -0.39 is 0 Å². The average molecular weight is 711 g/mol. The first-order valence-electron chi connectivity index (χ1n) is 16.6. The SMILES string of the molecule is C.C.C.C.C.C.CCC(C)(C)C(=O)OC(C)(C)C.CCC(C)(C)C(=O)OC(C)(C)C(C)C.CCC(C)(C)C=O.COC(C)(C)C1CCCC1. The third-order valence-corrected chi connectivity index (χ3v) is 9.11. The van der Waals surface area contributed by atoms with Gasteiger partial charge in [0.1, 0.15) is 17.5 Å². The zero-order chi connectivity index (χ0) is 35.1. The van der Waals surface area contributed by atoms with Gasteiger partial charge in [0.05, 0.1) is 16.4 Å². The highest BCUT2D eigenvalue weighted by Gasteiger charge is 2.34. The van der Waals surface area contributed by atoms with Gasteiger partial charge in [-0.3, -0.25) is 9.59 Å². The van der Waals surface area contributed by atoms with Crippen LogP contribution >= 0.6 is 0 Å². The minimum atomic E-state index is -0.372. The fraction of sp³-hybridized carbons (Fsp3) is 0.930. The van der Waals surface area contributed by atoms with Crippen molar-refractivity contribution in [3.8, 4) is 0 Å². The lowest BCUT2D eigenvalue weighted by atomic mass is 9.89. The van der Waals surface area contributed by atoms with Crippen molar-refractivity contribution in [2.75, 3.05) is 7.11 Å². The van der Waals surface area contributed by atoms with Crippen LogP contribution in [0.4, 0.5) is 0 Å². The second kappa shape index (κ2) is 29.2. The van der Waals surface area contributed by atoms with E-state index in [0.717, 1.165) is 31.5 Å². The first kappa shape index (κ1) is 69.3. The summed E-state index contributed by atoms with van der Waals surface area (Å²) in [6.07, 6.45) is 9.06. The summed E-state index contributed by atoms with van der Waals surface area (Å²) in [7, 11) is 1.82. The quantitative estimate of drug-likeness (QED) is 0.166. The first-order chi connectivity index (χ1) is 19.1. The molecule has 1 saturated carbocycles. The minimum absolute atomic E-state index is 0. The lowest BCUT2D eigenvalue weighted by molar-refractivity contribution is -0.171. The summed E-state index contributed by atoms with van der Waals surface area (Å²) in [5, 5.41) is 0. The van der Waals surface area contributed by atoms with Gasteiger partial charge >= 0.3 is 11.9 Å². The summed E-state index contributed by atoms with van der Waals surface area (Å²) in [6.45, 7) is 35.6. The number of carbonyl (C=O) groups is 3. The molecule has 0 aromatic heterocycles. The molecule has 1 fully saturated rings. The van der Waals surface area contributed by atoms with Gasteiger partial charge in [-0.25, -0.2) is 0 Å². The number of methoxy groups -OCH3 is 1. The Bertz CT molecular complexity index is 792. The van der Waals surface area contributed by atoms with Gasteiger partial charge in [0, 0.05) is 12.5 Å². The van der Waals surface area contributed by atoms with Crippen LogP contribution < -0.4 is 0 Å². The number of esters is 2. The molecule has 0 amide bonds. The van der Waals surface area contributed by atoms with Crippen LogP contribution in [-0.2, 0) is 28.6 Å². The molecule has 0 saturated heterocycles. The van der Waals surface area contributed by atoms with Gasteiger partial charge in [-0.05, 0) is 120 Å². The fourth-order valence-electron chi connectivity index (χ4n) is 3.07. The largest absolute Gasteiger partial charge is 0.460 e. The van der Waals surface area contributed by atoms with E-state index in [1.807, 2.05) is 104 Å². The summed E-state index contributed by atoms with van der Waals surface area (Å²) in [4.78, 5) is 33.3. The zero-order valence-corrected chi connectivity index (χ0v) is 32.1. The van der Waals surface area contributed by atoms with Crippen molar-refractivity contribution >= 4 is 18.2 Å². The molecule has 0 heterocycles. The van der Waals surface area contributed by atoms with E-state index in [-0.39, 0.29) is 89.5 Å². The number of rotatable bonds is 10. The molecule has 1 aliphatic rings. The molecule has 1 rings (SSSR count). The monoisotopic (exact) mass is 711 g/mol. The number of ether oxygens (including phenoxy) is 3. The number of carbonyl (C=O) groups excluding carboxylic acids is 3. The molecule has 0 spiro atoms. The molecule has 0 aromatic carbocycles. The van der Waals surface area contributed by atoms with E-state index in [1.165, 1.54) is 25.7 Å². The Labute approximate surface area is 312 Å². The van der Waals surface area contributed by atoms with E-state index in [2.05, 4.69) is 27.7 Å². The predicted molar refractivity (Wildman–Crippen MR) is 223 cm³/mol. The molecule has 306 valence electrons. The maximum absolute atomic E-state index is 11.8. The lowest BCUT2D eigenvalue weighted by Crippen LogP contribution is -2.38. The zero-order valence-electron chi connectivity index (χ0n) is 32.1. The number of aldehydes is 1. The Hall–Kier alpha value is -1.43. The van der Waals surface area contributed by atoms with Crippen molar-refractivity contribution < 1.29 is 28.6 Å². The van der Waals surface area contributed by atoms with Crippen molar-refractivity contribution in [3.63, 3.8) is 0 Å². The second-order valence-corrected chi connectivity index (χ2v) is 16.4. The van der Waals surface area contributed by atoms with Crippen molar-refractivity contribution in [3.05, 3.63) is 0 Å². The summed E-state index contributed by atoms with van der Waals surface area (Å²) < 4.78 is 16.2. The topological polar surface area (TPSA) is 78.9 Å². The van der Waals surface area contributed by atoms with Crippen molar-refractivity contribution in [2.45, 2.75) is 231 Å². The summed E-state index contributed by atoms with van der Waals surface area (Å²) >= 11 is 0. The summed E-state index contributed by atoms with van der Waals surface area (Å²) in [6, 6.07) is 0. The molecular formula is C43H98O6. The van der Waals surface area contributed by atoms with Crippen LogP contribution in [0.25, 0.3) is 0 Å². The maximum atomic E-state index is 11.8. The summed E-state index contributed by atoms with van der Waals surface area (Å²) in [5.41, 5.74) is -1.44. The number of hydrogen-bond acceptors (Lipinski definition) is 6. The van der Waals surface area contributed by atoms with Gasteiger partial charge < -0.3 is 19.0 Å². The maximum Gasteiger partial charge on any atom is 0.312 e. The fourth-order valence-corrected chi connectivity index (χ4v) is 3.07. The average Bonchev–Trinajstić information content (AvgIpc) is 3.44. The van der Waals surface area contributed by atoms with Crippen LogP contribution in [0.15, 0.2) is 0 Å². The highest BCUT2D eigenvalue weighted by atomic mass is 16.6. The highest BCUT2D eigenvalue weighted by molar-refractivity contribution is 5.76. The van der Waals surface area contributed by atoms with Gasteiger partial charge in [0.2, 0.25) is 0 Å². The van der Waals surface area contributed by atoms with Crippen molar-refractivity contribution in [2.24, 2.45) is 28.1 Å². The molecule has 0 N–H and O–H groups in total. The van der Waals surface area contributed by atoms with E-state index in [4.69, 9.17) is 14.2 Å². The van der Waals surface area contributed by atoms with Crippen LogP contribution in [0.2, 0.25) is 0 Å². The van der Waals surface area contributed by atoms with E-state index in [9.17, 15) is 14.4 Å². The molecule has 1 aliphatic carbocycles. The van der Waals surface area contributed by atoms with Crippen LogP contribution in [0.1, 0.15) is 214 Å².